The second kappa shape index (κ2) is 13.0. The SMILES string of the molecule is CC(C)(/C=C(/C#N)C(=O)N1CCC[C@H]1Cn1nc(-c2ccc(Oc3cccc(F)c3F)cc2F)c2c(N)ncnc21)N1CCOCC1. The summed E-state index contributed by atoms with van der Waals surface area (Å²) in [5.41, 5.74) is 6.34. The molecule has 0 unspecified atom stereocenters. The first-order chi connectivity index (χ1) is 22.6. The van der Waals surface area contributed by atoms with Crippen LogP contribution in [0.4, 0.5) is 19.0 Å². The number of benzene rings is 2. The Hall–Kier alpha value is -5.00. The number of hydrogen-bond donors (Lipinski definition) is 1. The molecule has 2 aromatic heterocycles. The highest BCUT2D eigenvalue weighted by atomic mass is 19.2. The maximum Gasteiger partial charge on any atom is 0.264 e. The van der Waals surface area contributed by atoms with Gasteiger partial charge in [0.2, 0.25) is 5.82 Å². The monoisotopic (exact) mass is 646 g/mol. The third-order valence-electron chi connectivity index (χ3n) is 8.59. The number of likely N-dealkylation sites (tertiary alicyclic amines) is 1. The van der Waals surface area contributed by atoms with Crippen molar-refractivity contribution >= 4 is 22.8 Å². The molecule has 2 aliphatic heterocycles. The number of morpholine rings is 1. The van der Waals surface area contributed by atoms with Gasteiger partial charge in [-0.3, -0.25) is 9.69 Å². The van der Waals surface area contributed by atoms with E-state index in [-0.39, 0.29) is 52.6 Å². The van der Waals surface area contributed by atoms with Crippen molar-refractivity contribution in [1.82, 2.24) is 29.5 Å². The van der Waals surface area contributed by atoms with Crippen molar-refractivity contribution in [3.63, 3.8) is 0 Å². The van der Waals surface area contributed by atoms with Crippen LogP contribution in [0.3, 0.4) is 0 Å². The number of fused-ring (bicyclic) bond motifs is 1. The number of halogens is 3. The summed E-state index contributed by atoms with van der Waals surface area (Å²) in [6.45, 7) is 7.21. The van der Waals surface area contributed by atoms with Gasteiger partial charge in [0.05, 0.1) is 31.2 Å². The number of nitrogens with two attached hydrogens (primary N) is 1. The van der Waals surface area contributed by atoms with Crippen LogP contribution >= 0.6 is 0 Å². The Morgan fingerprint density at radius 3 is 2.68 bits per heavy atom. The summed E-state index contributed by atoms with van der Waals surface area (Å²) in [5.74, 6) is -3.76. The van der Waals surface area contributed by atoms with Gasteiger partial charge in [-0.25, -0.2) is 23.4 Å². The molecule has 2 fully saturated rings. The summed E-state index contributed by atoms with van der Waals surface area (Å²) >= 11 is 0. The Kier molecular flexibility index (Phi) is 8.85. The van der Waals surface area contributed by atoms with E-state index < -0.39 is 23.0 Å². The Labute approximate surface area is 269 Å². The van der Waals surface area contributed by atoms with Crippen molar-refractivity contribution in [3.8, 4) is 28.8 Å². The number of carbonyl (C=O) groups is 1. The highest BCUT2D eigenvalue weighted by Gasteiger charge is 2.34. The van der Waals surface area contributed by atoms with Gasteiger partial charge in [0.15, 0.2) is 17.2 Å². The van der Waals surface area contributed by atoms with Gasteiger partial charge in [0, 0.05) is 36.8 Å². The molecule has 0 aliphatic carbocycles. The van der Waals surface area contributed by atoms with Gasteiger partial charge in [0.1, 0.15) is 41.0 Å². The van der Waals surface area contributed by atoms with E-state index in [1.807, 2.05) is 13.8 Å². The summed E-state index contributed by atoms with van der Waals surface area (Å²) in [7, 11) is 0. The number of rotatable bonds is 8. The van der Waals surface area contributed by atoms with Crippen LogP contribution in [0.5, 0.6) is 11.5 Å². The zero-order valence-electron chi connectivity index (χ0n) is 25.9. The summed E-state index contributed by atoms with van der Waals surface area (Å²) in [4.78, 5) is 26.1. The quantitative estimate of drug-likeness (QED) is 0.211. The maximum atomic E-state index is 15.6. The average Bonchev–Trinajstić information content (AvgIpc) is 3.68. The summed E-state index contributed by atoms with van der Waals surface area (Å²) < 4.78 is 55.8. The topological polar surface area (TPSA) is 135 Å². The van der Waals surface area contributed by atoms with Gasteiger partial charge in [0.25, 0.3) is 5.91 Å². The van der Waals surface area contributed by atoms with Gasteiger partial charge >= 0.3 is 0 Å². The van der Waals surface area contributed by atoms with Crippen molar-refractivity contribution in [1.29, 1.82) is 5.26 Å². The van der Waals surface area contributed by atoms with Crippen LogP contribution in [-0.4, -0.2) is 79.9 Å². The van der Waals surface area contributed by atoms with E-state index in [0.717, 1.165) is 18.6 Å². The van der Waals surface area contributed by atoms with Gasteiger partial charge < -0.3 is 20.1 Å². The van der Waals surface area contributed by atoms with Gasteiger partial charge in [-0.05, 0) is 57.0 Å². The van der Waals surface area contributed by atoms with E-state index in [9.17, 15) is 18.8 Å². The molecule has 0 radical (unpaired) electrons. The van der Waals surface area contributed by atoms with Crippen LogP contribution < -0.4 is 10.5 Å². The lowest BCUT2D eigenvalue weighted by atomic mass is 9.97. The van der Waals surface area contributed by atoms with Gasteiger partial charge in [-0.2, -0.15) is 14.8 Å². The fourth-order valence-corrected chi connectivity index (χ4v) is 6.16. The van der Waals surface area contributed by atoms with Gasteiger partial charge in [-0.15, -0.1) is 0 Å². The number of nitriles is 1. The minimum Gasteiger partial charge on any atom is -0.454 e. The third-order valence-corrected chi connectivity index (χ3v) is 8.59. The van der Waals surface area contributed by atoms with E-state index in [2.05, 4.69) is 26.0 Å². The third kappa shape index (κ3) is 6.36. The number of nitrogens with zero attached hydrogens (tertiary/aromatic N) is 7. The number of anilines is 1. The van der Waals surface area contributed by atoms with Crippen LogP contribution in [0.2, 0.25) is 0 Å². The van der Waals surface area contributed by atoms with E-state index in [1.165, 1.54) is 30.6 Å². The molecule has 2 N–H and O–H groups in total. The lowest BCUT2D eigenvalue weighted by Crippen LogP contribution is -2.49. The number of aromatic nitrogens is 4. The van der Waals surface area contributed by atoms with Crippen LogP contribution in [0.25, 0.3) is 22.3 Å². The van der Waals surface area contributed by atoms with Crippen molar-refractivity contribution < 1.29 is 27.4 Å². The van der Waals surface area contributed by atoms with Crippen LogP contribution in [0.1, 0.15) is 26.7 Å². The zero-order chi connectivity index (χ0) is 33.3. The Bertz CT molecular complexity index is 1900. The molecule has 2 saturated heterocycles. The smallest absolute Gasteiger partial charge is 0.264 e. The van der Waals surface area contributed by atoms with E-state index in [1.54, 1.807) is 15.7 Å². The Morgan fingerprint density at radius 2 is 1.94 bits per heavy atom. The highest BCUT2D eigenvalue weighted by Crippen LogP contribution is 2.35. The van der Waals surface area contributed by atoms with Crippen molar-refractivity contribution in [2.24, 2.45) is 0 Å². The fourth-order valence-electron chi connectivity index (χ4n) is 6.16. The molecule has 14 heteroatoms. The molecule has 4 aromatic rings. The first kappa shape index (κ1) is 32.0. The largest absolute Gasteiger partial charge is 0.454 e. The van der Waals surface area contributed by atoms with Crippen molar-refractivity contribution in [3.05, 3.63) is 71.8 Å². The van der Waals surface area contributed by atoms with Gasteiger partial charge in [-0.1, -0.05) is 6.07 Å². The molecule has 11 nitrogen and oxygen atoms in total. The number of carbonyl (C=O) groups excluding carboxylic acids is 1. The molecule has 1 amide bonds. The maximum absolute atomic E-state index is 15.6. The summed E-state index contributed by atoms with van der Waals surface area (Å²) in [6, 6.07) is 9.09. The van der Waals surface area contributed by atoms with Crippen LogP contribution in [-0.2, 0) is 16.1 Å². The molecular formula is C33H33F3N8O3. The predicted molar refractivity (Wildman–Crippen MR) is 166 cm³/mol. The summed E-state index contributed by atoms with van der Waals surface area (Å²) in [5, 5.41) is 15.0. The highest BCUT2D eigenvalue weighted by molar-refractivity contribution is 5.99. The normalized spacial score (nSPS) is 17.7. The first-order valence-corrected chi connectivity index (χ1v) is 15.2. The molecule has 0 saturated carbocycles. The minimum atomic E-state index is -1.19. The number of hydrogen-bond acceptors (Lipinski definition) is 9. The lowest BCUT2D eigenvalue weighted by molar-refractivity contribution is -0.127. The second-order valence-corrected chi connectivity index (χ2v) is 12.0. The lowest BCUT2D eigenvalue weighted by Gasteiger charge is -2.39. The number of amides is 1. The average molecular weight is 647 g/mol. The molecule has 4 heterocycles. The molecule has 0 spiro atoms. The van der Waals surface area contributed by atoms with Crippen LogP contribution in [0, 0.1) is 28.8 Å². The number of nitrogen functional groups attached to an aromatic ring is 1. The molecule has 47 heavy (non-hydrogen) atoms. The molecular weight excluding hydrogens is 613 g/mol. The zero-order valence-corrected chi connectivity index (χ0v) is 25.9. The summed E-state index contributed by atoms with van der Waals surface area (Å²) in [6.07, 6.45) is 4.39. The van der Waals surface area contributed by atoms with Crippen molar-refractivity contribution in [2.45, 2.75) is 44.8 Å². The Balaban J connectivity index is 1.28. The Morgan fingerprint density at radius 1 is 1.15 bits per heavy atom. The van der Waals surface area contributed by atoms with E-state index in [4.69, 9.17) is 15.2 Å². The van der Waals surface area contributed by atoms with E-state index >= 15 is 4.39 Å². The van der Waals surface area contributed by atoms with E-state index in [0.29, 0.717) is 50.3 Å². The molecule has 0 bridgehead atoms. The van der Waals surface area contributed by atoms with Crippen LogP contribution in [0.15, 0.2) is 54.4 Å². The van der Waals surface area contributed by atoms with Crippen molar-refractivity contribution in [2.75, 3.05) is 38.6 Å². The minimum absolute atomic E-state index is 0.0537. The molecule has 1 atom stereocenters. The molecule has 2 aromatic carbocycles. The first-order valence-electron chi connectivity index (χ1n) is 15.2. The molecule has 2 aliphatic rings. The standard InChI is InChI=1S/C33H33F3N8O3/c1-33(2,42-11-13-46-14-12-42)16-20(17-37)32(45)43-10-4-5-21(43)18-44-31-27(30(38)39-19-40-31)29(41-44)23-9-8-22(15-25(23)35)47-26-7-3-6-24(34)28(26)36/h3,6-9,15-16,19,21H,4-5,10-14,18H2,1-2H3,(H2,38,39,40)/b20-16-/t21-/m0/s1. The fraction of sp³-hybridized carbons (Fsp3) is 0.364. The predicted octanol–water partition coefficient (Wildman–Crippen LogP) is 4.84. The molecule has 6 rings (SSSR count). The second-order valence-electron chi connectivity index (χ2n) is 12.0. The number of ether oxygens (including phenoxy) is 2. The molecule has 244 valence electrons.